The summed E-state index contributed by atoms with van der Waals surface area (Å²) in [6.45, 7) is 16.1. The van der Waals surface area contributed by atoms with Crippen LogP contribution in [0.25, 0.3) is 0 Å². The zero-order chi connectivity index (χ0) is 18.5. The van der Waals surface area contributed by atoms with E-state index in [1.54, 1.807) is 0 Å². The second kappa shape index (κ2) is 8.26. The summed E-state index contributed by atoms with van der Waals surface area (Å²) in [5, 5.41) is 0.0242. The number of hydrazine groups is 1. The van der Waals surface area contributed by atoms with E-state index in [2.05, 4.69) is 39.3 Å². The Bertz CT molecular complexity index is 411. The molecule has 0 aliphatic rings. The number of nitrogens with one attached hydrogen (secondary N) is 1. The van der Waals surface area contributed by atoms with Gasteiger partial charge in [-0.3, -0.25) is 15.0 Å². The third-order valence-corrected chi connectivity index (χ3v) is 8.47. The number of carbonyl (C=O) groups is 2. The van der Waals surface area contributed by atoms with E-state index in [0.717, 1.165) is 0 Å². The first kappa shape index (κ1) is 22.1. The fourth-order valence-corrected chi connectivity index (χ4v) is 3.12. The van der Waals surface area contributed by atoms with Crippen molar-refractivity contribution in [2.45, 2.75) is 90.6 Å². The van der Waals surface area contributed by atoms with Gasteiger partial charge >= 0.3 is 5.97 Å². The van der Waals surface area contributed by atoms with Crippen molar-refractivity contribution < 1.29 is 18.8 Å². The summed E-state index contributed by atoms with van der Waals surface area (Å²) < 4.78 is 11.6. The molecular weight excluding hydrogens is 312 g/mol. The average Bonchev–Trinajstić information content (AvgIpc) is 2.31. The van der Waals surface area contributed by atoms with Crippen molar-refractivity contribution in [2.24, 2.45) is 5.84 Å². The summed E-state index contributed by atoms with van der Waals surface area (Å²) in [5.41, 5.74) is 1.61. The van der Waals surface area contributed by atoms with Crippen LogP contribution in [0.15, 0.2) is 0 Å². The molecule has 3 N–H and O–H groups in total. The summed E-state index contributed by atoms with van der Waals surface area (Å²) in [6, 6.07) is 0. The number of amides is 1. The monoisotopic (exact) mass is 346 g/mol. The van der Waals surface area contributed by atoms with Gasteiger partial charge in [-0.05, 0) is 45.3 Å². The van der Waals surface area contributed by atoms with Gasteiger partial charge in [0.05, 0.1) is 12.5 Å². The van der Waals surface area contributed by atoms with Crippen LogP contribution in [-0.2, 0) is 18.8 Å². The van der Waals surface area contributed by atoms with Crippen LogP contribution in [0.5, 0.6) is 0 Å². The second-order valence-electron chi connectivity index (χ2n) is 8.40. The molecule has 23 heavy (non-hydrogen) atoms. The molecule has 0 aromatic carbocycles. The predicted octanol–water partition coefficient (Wildman–Crippen LogP) is 2.88. The van der Waals surface area contributed by atoms with E-state index in [1.807, 2.05) is 20.8 Å². The maximum atomic E-state index is 11.9. The third kappa shape index (κ3) is 9.07. The molecule has 0 aliphatic heterocycles. The van der Waals surface area contributed by atoms with Gasteiger partial charge in [0.1, 0.15) is 5.60 Å². The fourth-order valence-electron chi connectivity index (χ4n) is 1.73. The lowest BCUT2D eigenvalue weighted by molar-refractivity contribution is -0.155. The van der Waals surface area contributed by atoms with Crippen LogP contribution in [0.2, 0.25) is 18.1 Å². The average molecular weight is 347 g/mol. The lowest BCUT2D eigenvalue weighted by Crippen LogP contribution is -2.45. The molecular formula is C16H34N2O4Si. The minimum Gasteiger partial charge on any atom is -0.460 e. The molecule has 0 heterocycles. The molecule has 0 saturated heterocycles. The molecule has 0 radical (unpaired) electrons. The smallest absolute Gasteiger partial charge is 0.306 e. The molecule has 1 amide bonds. The number of esters is 1. The van der Waals surface area contributed by atoms with Gasteiger partial charge in [0, 0.05) is 6.42 Å². The maximum absolute atomic E-state index is 11.9. The van der Waals surface area contributed by atoms with E-state index in [1.165, 1.54) is 0 Å². The van der Waals surface area contributed by atoms with Gasteiger partial charge in [-0.25, -0.2) is 5.84 Å². The van der Waals surface area contributed by atoms with Gasteiger partial charge in [-0.1, -0.05) is 20.8 Å². The summed E-state index contributed by atoms with van der Waals surface area (Å²) in [4.78, 5) is 23.5. The van der Waals surface area contributed by atoms with E-state index < -0.39 is 13.9 Å². The molecule has 0 aromatic rings. The molecule has 0 rings (SSSR count). The first-order valence-corrected chi connectivity index (χ1v) is 11.0. The molecule has 0 saturated carbocycles. The van der Waals surface area contributed by atoms with Gasteiger partial charge in [-0.2, -0.15) is 0 Å². The molecule has 6 nitrogen and oxygen atoms in total. The number of ether oxygens (including phenoxy) is 1. The molecule has 136 valence electrons. The van der Waals surface area contributed by atoms with E-state index >= 15 is 0 Å². The van der Waals surface area contributed by atoms with E-state index in [0.29, 0.717) is 6.42 Å². The first-order valence-electron chi connectivity index (χ1n) is 8.07. The van der Waals surface area contributed by atoms with Crippen molar-refractivity contribution in [3.63, 3.8) is 0 Å². The zero-order valence-electron chi connectivity index (χ0n) is 15.9. The Hall–Kier alpha value is -0.923. The van der Waals surface area contributed by atoms with E-state index in [4.69, 9.17) is 15.0 Å². The first-order chi connectivity index (χ1) is 10.2. The summed E-state index contributed by atoms with van der Waals surface area (Å²) in [7, 11) is -2.04. The number of nitrogens with two attached hydrogens (primary N) is 1. The molecule has 0 spiro atoms. The Kier molecular flexibility index (Phi) is 7.93. The Balaban J connectivity index is 4.83. The minimum atomic E-state index is -2.04. The molecule has 7 heteroatoms. The van der Waals surface area contributed by atoms with E-state index in [-0.39, 0.29) is 35.9 Å². The Morgan fingerprint density at radius 2 is 1.65 bits per heavy atom. The standard InChI is InChI=1S/C16H34N2O4Si/c1-15(2,3)21-14(20)10-9-12(11-13(19)18-17)22-23(7,8)16(4,5)6/h12H,9-11,17H2,1-8H3,(H,18,19). The topological polar surface area (TPSA) is 90.7 Å². The fraction of sp³-hybridized carbons (Fsp3) is 0.875. The van der Waals surface area contributed by atoms with Gasteiger partial charge in [-0.15, -0.1) is 0 Å². The van der Waals surface area contributed by atoms with Crippen molar-refractivity contribution in [3.8, 4) is 0 Å². The molecule has 1 unspecified atom stereocenters. The van der Waals surface area contributed by atoms with Gasteiger partial charge in [0.25, 0.3) is 0 Å². The largest absolute Gasteiger partial charge is 0.460 e. The minimum absolute atomic E-state index is 0.0242. The molecule has 0 aliphatic carbocycles. The van der Waals surface area contributed by atoms with Gasteiger partial charge < -0.3 is 9.16 Å². The predicted molar refractivity (Wildman–Crippen MR) is 94.1 cm³/mol. The van der Waals surface area contributed by atoms with Crippen molar-refractivity contribution in [3.05, 3.63) is 0 Å². The van der Waals surface area contributed by atoms with Crippen LogP contribution in [0.3, 0.4) is 0 Å². The normalized spacial score (nSPS) is 14.3. The van der Waals surface area contributed by atoms with Crippen LogP contribution in [-0.4, -0.2) is 31.9 Å². The highest BCUT2D eigenvalue weighted by atomic mass is 28.4. The van der Waals surface area contributed by atoms with Crippen molar-refractivity contribution in [2.75, 3.05) is 0 Å². The quantitative estimate of drug-likeness (QED) is 0.243. The number of rotatable bonds is 7. The second-order valence-corrected chi connectivity index (χ2v) is 13.2. The molecule has 1 atom stereocenters. The highest BCUT2D eigenvalue weighted by Gasteiger charge is 2.39. The van der Waals surface area contributed by atoms with Crippen LogP contribution in [0.4, 0.5) is 0 Å². The van der Waals surface area contributed by atoms with Crippen LogP contribution in [0, 0.1) is 0 Å². The number of hydrogen-bond acceptors (Lipinski definition) is 5. The highest BCUT2D eigenvalue weighted by molar-refractivity contribution is 6.74. The maximum Gasteiger partial charge on any atom is 0.306 e. The van der Waals surface area contributed by atoms with Gasteiger partial charge in [0.2, 0.25) is 5.91 Å². The Morgan fingerprint density at radius 3 is 2.04 bits per heavy atom. The summed E-state index contributed by atoms with van der Waals surface area (Å²) >= 11 is 0. The third-order valence-electron chi connectivity index (χ3n) is 3.93. The molecule has 0 bridgehead atoms. The summed E-state index contributed by atoms with van der Waals surface area (Å²) in [5.74, 6) is 4.60. The molecule has 0 aromatic heterocycles. The zero-order valence-corrected chi connectivity index (χ0v) is 16.9. The lowest BCUT2D eigenvalue weighted by Gasteiger charge is -2.39. The van der Waals surface area contributed by atoms with Crippen LogP contribution in [0.1, 0.15) is 60.8 Å². The summed E-state index contributed by atoms with van der Waals surface area (Å²) in [6.07, 6.45) is 0.460. The van der Waals surface area contributed by atoms with E-state index in [9.17, 15) is 9.59 Å². The number of hydrogen-bond donors (Lipinski definition) is 2. The number of carbonyl (C=O) groups excluding carboxylic acids is 2. The molecule has 0 fully saturated rings. The highest BCUT2D eigenvalue weighted by Crippen LogP contribution is 2.38. The van der Waals surface area contributed by atoms with Crippen LogP contribution < -0.4 is 11.3 Å². The SMILES string of the molecule is CC(C)(C)OC(=O)CCC(CC(=O)NN)O[Si](C)(C)C(C)(C)C. The van der Waals surface area contributed by atoms with Crippen LogP contribution >= 0.6 is 0 Å². The van der Waals surface area contributed by atoms with Crippen molar-refractivity contribution in [1.29, 1.82) is 0 Å². The van der Waals surface area contributed by atoms with Gasteiger partial charge in [0.15, 0.2) is 8.32 Å². The Labute approximate surface area is 141 Å². The van der Waals surface area contributed by atoms with Crippen molar-refractivity contribution in [1.82, 2.24) is 5.43 Å². The van der Waals surface area contributed by atoms with Crippen molar-refractivity contribution >= 4 is 20.2 Å². The lowest BCUT2D eigenvalue weighted by atomic mass is 10.1. The Morgan fingerprint density at radius 1 is 1.13 bits per heavy atom.